The number of hydrogen-bond donors (Lipinski definition) is 0. The first-order chi connectivity index (χ1) is 15.2. The molecule has 0 unspecified atom stereocenters. The van der Waals surface area contributed by atoms with Crippen LogP contribution in [0.2, 0.25) is 5.02 Å². The van der Waals surface area contributed by atoms with Crippen molar-refractivity contribution in [2.24, 2.45) is 0 Å². The summed E-state index contributed by atoms with van der Waals surface area (Å²) >= 11 is 7.03. The number of carbonyl (C=O) groups is 2. The van der Waals surface area contributed by atoms with Gasteiger partial charge in [-0.15, -0.1) is 0 Å². The van der Waals surface area contributed by atoms with Crippen molar-refractivity contribution in [1.29, 1.82) is 0 Å². The van der Waals surface area contributed by atoms with Gasteiger partial charge in [-0.05, 0) is 30.3 Å². The van der Waals surface area contributed by atoms with E-state index in [1.54, 1.807) is 24.3 Å². The summed E-state index contributed by atoms with van der Waals surface area (Å²) in [5, 5.41) is 0.0776. The van der Waals surface area contributed by atoms with E-state index in [-0.39, 0.29) is 34.7 Å². The second kappa shape index (κ2) is 9.80. The van der Waals surface area contributed by atoms with Gasteiger partial charge in [0.25, 0.3) is 0 Å². The topological polar surface area (TPSA) is 78.0 Å². The second-order valence-corrected chi connectivity index (χ2v) is 7.79. The Bertz CT molecular complexity index is 1060. The first-order valence-corrected chi connectivity index (χ1v) is 10.1. The molecule has 32 heavy (non-hydrogen) atoms. The Kier molecular flexibility index (Phi) is 7.32. The van der Waals surface area contributed by atoms with Crippen molar-refractivity contribution in [3.8, 4) is 0 Å². The lowest BCUT2D eigenvalue weighted by molar-refractivity contribution is -0.140. The minimum Gasteiger partial charge on any atom is -0.466 e. The monoisotopic (exact) mass is 488 g/mol. The number of ether oxygens (including phenoxy) is 3. The molecule has 0 radical (unpaired) electrons. The van der Waals surface area contributed by atoms with E-state index < -0.39 is 23.7 Å². The molecule has 0 amide bonds. The predicted octanol–water partition coefficient (Wildman–Crippen LogP) is 4.30. The van der Waals surface area contributed by atoms with Gasteiger partial charge in [0.2, 0.25) is 0 Å². The van der Waals surface area contributed by atoms with Gasteiger partial charge in [-0.25, -0.2) is 14.6 Å². The third-order valence-corrected chi connectivity index (χ3v) is 5.76. The number of aromatic nitrogens is 1. The van der Waals surface area contributed by atoms with E-state index in [0.29, 0.717) is 10.6 Å². The zero-order valence-corrected chi connectivity index (χ0v) is 18.3. The SMILES string of the molecule is COC(=O)C1=C(C(=O)OC)N(c2ccc(Sc3ncc(C(F)(F)F)cc3Cl)cc2)COC1. The maximum Gasteiger partial charge on any atom is 0.417 e. The molecule has 2 heterocycles. The minimum absolute atomic E-state index is 0.00143. The molecule has 0 fully saturated rings. The quantitative estimate of drug-likeness (QED) is 0.577. The fraction of sp³-hybridized carbons (Fsp3) is 0.250. The van der Waals surface area contributed by atoms with Gasteiger partial charge < -0.3 is 19.1 Å². The van der Waals surface area contributed by atoms with Gasteiger partial charge in [-0.3, -0.25) is 0 Å². The zero-order valence-electron chi connectivity index (χ0n) is 16.7. The smallest absolute Gasteiger partial charge is 0.417 e. The summed E-state index contributed by atoms with van der Waals surface area (Å²) in [5.74, 6) is -1.45. The summed E-state index contributed by atoms with van der Waals surface area (Å²) in [6.45, 7) is -0.122. The van der Waals surface area contributed by atoms with Crippen molar-refractivity contribution >= 4 is 41.0 Å². The molecule has 0 spiro atoms. The summed E-state index contributed by atoms with van der Waals surface area (Å²) in [4.78, 5) is 30.3. The van der Waals surface area contributed by atoms with E-state index in [9.17, 15) is 22.8 Å². The van der Waals surface area contributed by atoms with E-state index in [0.717, 1.165) is 24.0 Å². The standard InChI is InChI=1S/C20H16ClF3N2O5S/c1-29-18(27)14-9-31-10-26(16(14)19(28)30-2)12-3-5-13(6-4-12)32-17-15(21)7-11(8-25-17)20(22,23)24/h3-8H,9-10H2,1-2H3. The lowest BCUT2D eigenvalue weighted by Gasteiger charge is -2.31. The Morgan fingerprint density at radius 1 is 1.16 bits per heavy atom. The third kappa shape index (κ3) is 5.17. The number of anilines is 1. The average Bonchev–Trinajstić information content (AvgIpc) is 2.78. The number of carbonyl (C=O) groups excluding carboxylic acids is 2. The van der Waals surface area contributed by atoms with E-state index in [2.05, 4.69) is 4.98 Å². The molecule has 0 saturated heterocycles. The Morgan fingerprint density at radius 2 is 1.81 bits per heavy atom. The van der Waals surface area contributed by atoms with Crippen molar-refractivity contribution in [2.75, 3.05) is 32.5 Å². The van der Waals surface area contributed by atoms with Crippen molar-refractivity contribution < 1.29 is 37.0 Å². The highest BCUT2D eigenvalue weighted by Gasteiger charge is 2.33. The average molecular weight is 489 g/mol. The summed E-state index contributed by atoms with van der Waals surface area (Å²) in [6.07, 6.45) is -3.82. The Hall–Kier alpha value is -2.76. The summed E-state index contributed by atoms with van der Waals surface area (Å²) in [6, 6.07) is 7.44. The summed E-state index contributed by atoms with van der Waals surface area (Å²) < 4.78 is 53.3. The van der Waals surface area contributed by atoms with Gasteiger partial charge >= 0.3 is 18.1 Å². The van der Waals surface area contributed by atoms with Crippen LogP contribution in [0.1, 0.15) is 5.56 Å². The van der Waals surface area contributed by atoms with Gasteiger partial charge in [0.15, 0.2) is 0 Å². The number of rotatable bonds is 5. The number of pyridine rings is 1. The molecule has 0 N–H and O–H groups in total. The Labute approximate surface area is 190 Å². The lowest BCUT2D eigenvalue weighted by atomic mass is 10.1. The number of nitrogens with zero attached hydrogens (tertiary/aromatic N) is 2. The molecule has 0 bridgehead atoms. The van der Waals surface area contributed by atoms with E-state index >= 15 is 0 Å². The van der Waals surface area contributed by atoms with Gasteiger partial charge in [0, 0.05) is 16.8 Å². The fourth-order valence-electron chi connectivity index (χ4n) is 2.81. The lowest BCUT2D eigenvalue weighted by Crippen LogP contribution is -2.38. The highest BCUT2D eigenvalue weighted by molar-refractivity contribution is 7.99. The van der Waals surface area contributed by atoms with Crippen LogP contribution in [0, 0.1) is 0 Å². The first kappa shape index (κ1) is 23.9. The number of alkyl halides is 3. The van der Waals surface area contributed by atoms with Crippen LogP contribution in [0.25, 0.3) is 0 Å². The summed E-state index contributed by atoms with van der Waals surface area (Å²) in [7, 11) is 2.38. The predicted molar refractivity (Wildman–Crippen MR) is 109 cm³/mol. The maximum atomic E-state index is 12.8. The van der Waals surface area contributed by atoms with Crippen LogP contribution in [0.15, 0.2) is 57.7 Å². The Morgan fingerprint density at radius 3 is 2.38 bits per heavy atom. The fourth-order valence-corrected chi connectivity index (χ4v) is 3.85. The number of benzene rings is 1. The molecule has 0 aliphatic carbocycles. The zero-order chi connectivity index (χ0) is 23.5. The number of esters is 2. The molecular weight excluding hydrogens is 473 g/mol. The van der Waals surface area contributed by atoms with Crippen molar-refractivity contribution in [3.05, 3.63) is 58.4 Å². The molecule has 1 aliphatic rings. The number of methoxy groups -OCH3 is 2. The van der Waals surface area contributed by atoms with E-state index in [1.807, 2.05) is 0 Å². The summed E-state index contributed by atoms with van der Waals surface area (Å²) in [5.41, 5.74) is -0.401. The van der Waals surface area contributed by atoms with E-state index in [4.69, 9.17) is 25.8 Å². The van der Waals surface area contributed by atoms with Gasteiger partial charge in [-0.2, -0.15) is 13.2 Å². The van der Waals surface area contributed by atoms with Crippen LogP contribution in [-0.2, 0) is 30.0 Å². The molecule has 3 rings (SSSR count). The molecule has 7 nitrogen and oxygen atoms in total. The van der Waals surface area contributed by atoms with Crippen molar-refractivity contribution in [2.45, 2.75) is 16.1 Å². The van der Waals surface area contributed by atoms with Crippen molar-refractivity contribution in [1.82, 2.24) is 4.98 Å². The normalized spacial score (nSPS) is 14.4. The molecule has 1 aromatic carbocycles. The third-order valence-electron chi connectivity index (χ3n) is 4.33. The van der Waals surface area contributed by atoms with Gasteiger partial charge in [-0.1, -0.05) is 23.4 Å². The molecule has 2 aromatic rings. The van der Waals surface area contributed by atoms with Crippen LogP contribution < -0.4 is 4.90 Å². The van der Waals surface area contributed by atoms with Crippen LogP contribution in [0.3, 0.4) is 0 Å². The number of hydrogen-bond acceptors (Lipinski definition) is 8. The first-order valence-electron chi connectivity index (χ1n) is 8.91. The van der Waals surface area contributed by atoms with Crippen LogP contribution in [0.5, 0.6) is 0 Å². The Balaban J connectivity index is 1.86. The van der Waals surface area contributed by atoms with Gasteiger partial charge in [0.05, 0.1) is 37.0 Å². The maximum absolute atomic E-state index is 12.8. The van der Waals surface area contributed by atoms with Crippen LogP contribution in [0.4, 0.5) is 18.9 Å². The molecule has 170 valence electrons. The molecule has 0 atom stereocenters. The minimum atomic E-state index is -4.54. The van der Waals surface area contributed by atoms with Gasteiger partial charge in [0.1, 0.15) is 17.5 Å². The van der Waals surface area contributed by atoms with Crippen LogP contribution >= 0.6 is 23.4 Å². The molecular formula is C20H16ClF3N2O5S. The highest BCUT2D eigenvalue weighted by Crippen LogP contribution is 2.37. The second-order valence-electron chi connectivity index (χ2n) is 6.32. The molecule has 0 saturated carbocycles. The number of halogens is 4. The van der Waals surface area contributed by atoms with Crippen molar-refractivity contribution in [3.63, 3.8) is 0 Å². The largest absolute Gasteiger partial charge is 0.466 e. The highest BCUT2D eigenvalue weighted by atomic mass is 35.5. The van der Waals surface area contributed by atoms with Crippen LogP contribution in [-0.4, -0.2) is 44.5 Å². The molecule has 1 aromatic heterocycles. The molecule has 1 aliphatic heterocycles. The molecule has 12 heteroatoms. The van der Waals surface area contributed by atoms with E-state index in [1.165, 1.54) is 19.1 Å².